The molecule has 3 aromatic rings. The third-order valence-corrected chi connectivity index (χ3v) is 5.91. The number of nitrogens with one attached hydrogen (secondary N) is 3. The monoisotopic (exact) mass is 509 g/mol. The first-order valence-electron chi connectivity index (χ1n) is 12.0. The summed E-state index contributed by atoms with van der Waals surface area (Å²) >= 11 is 0. The van der Waals surface area contributed by atoms with E-state index in [0.717, 1.165) is 17.5 Å². The molecule has 3 aromatic heterocycles. The summed E-state index contributed by atoms with van der Waals surface area (Å²) in [6.07, 6.45) is 3.10. The zero-order valence-corrected chi connectivity index (χ0v) is 21.1. The van der Waals surface area contributed by atoms with Gasteiger partial charge in [0.1, 0.15) is 18.7 Å². The van der Waals surface area contributed by atoms with Crippen molar-refractivity contribution in [2.24, 2.45) is 0 Å². The Kier molecular flexibility index (Phi) is 7.79. The van der Waals surface area contributed by atoms with Crippen LogP contribution >= 0.6 is 0 Å². The van der Waals surface area contributed by atoms with Gasteiger partial charge in [-0.15, -0.1) is 5.10 Å². The second-order valence-corrected chi connectivity index (χ2v) is 9.78. The van der Waals surface area contributed by atoms with Gasteiger partial charge in [0.15, 0.2) is 17.3 Å². The molecule has 0 saturated carbocycles. The van der Waals surface area contributed by atoms with Crippen molar-refractivity contribution in [1.82, 2.24) is 25.2 Å². The van der Waals surface area contributed by atoms with Gasteiger partial charge in [-0.2, -0.15) is 4.68 Å². The van der Waals surface area contributed by atoms with Crippen LogP contribution in [0.5, 0.6) is 5.88 Å². The zero-order chi connectivity index (χ0) is 26.6. The van der Waals surface area contributed by atoms with Gasteiger partial charge < -0.3 is 24.4 Å². The van der Waals surface area contributed by atoms with E-state index in [0.29, 0.717) is 30.0 Å². The number of aromatic nitrogens is 4. The van der Waals surface area contributed by atoms with Gasteiger partial charge in [-0.05, 0) is 36.5 Å². The maximum atomic E-state index is 12.5. The Hall–Kier alpha value is -3.90. The molecule has 1 aliphatic heterocycles. The van der Waals surface area contributed by atoms with Crippen LogP contribution in [0.25, 0.3) is 0 Å². The lowest BCUT2D eigenvalue weighted by atomic mass is 9.88. The van der Waals surface area contributed by atoms with Crippen LogP contribution in [0.2, 0.25) is 0 Å². The smallest absolute Gasteiger partial charge is 0.253 e. The molecule has 0 spiro atoms. The fourth-order valence-corrected chi connectivity index (χ4v) is 3.78. The van der Waals surface area contributed by atoms with Crippen LogP contribution in [0.15, 0.2) is 35.0 Å². The molecule has 4 rings (SSSR count). The lowest BCUT2D eigenvalue weighted by Crippen LogP contribution is -2.38. The van der Waals surface area contributed by atoms with E-state index in [1.165, 1.54) is 12.3 Å². The van der Waals surface area contributed by atoms with Crippen LogP contribution < -0.4 is 15.5 Å². The second-order valence-electron chi connectivity index (χ2n) is 9.78. The fraction of sp³-hybridized carbons (Fsp3) is 0.440. The number of rotatable bonds is 7. The molecule has 0 aromatic carbocycles. The number of hydrogen-bond acceptors (Lipinski definition) is 10. The highest BCUT2D eigenvalue weighted by Crippen LogP contribution is 2.28. The Labute approximate surface area is 213 Å². The molecule has 0 unspecified atom stereocenters. The molecule has 4 N–H and O–H groups in total. The van der Waals surface area contributed by atoms with Crippen LogP contribution in [0.4, 0.5) is 0 Å². The molecule has 1 aliphatic rings. The number of carbonyl (C=O) groups is 1. The Morgan fingerprint density at radius 3 is 2.65 bits per heavy atom. The predicted molar refractivity (Wildman–Crippen MR) is 131 cm³/mol. The highest BCUT2D eigenvalue weighted by Gasteiger charge is 2.24. The Bertz CT molecular complexity index is 1320. The minimum atomic E-state index is -0.392. The number of nitrogens with zero attached hydrogens (tertiary/aromatic N) is 4. The predicted octanol–water partition coefficient (Wildman–Crippen LogP) is 1.90. The molecule has 0 bridgehead atoms. The van der Waals surface area contributed by atoms with Crippen molar-refractivity contribution in [2.45, 2.75) is 58.3 Å². The van der Waals surface area contributed by atoms with E-state index in [-0.39, 0.29) is 53.8 Å². The third kappa shape index (κ3) is 6.27. The van der Waals surface area contributed by atoms with Crippen molar-refractivity contribution in [3.8, 4) is 5.88 Å². The van der Waals surface area contributed by atoms with Gasteiger partial charge in [0, 0.05) is 37.1 Å². The lowest BCUT2D eigenvalue weighted by molar-refractivity contribution is 0.0696. The highest BCUT2D eigenvalue weighted by atomic mass is 16.5. The van der Waals surface area contributed by atoms with E-state index in [9.17, 15) is 9.90 Å². The average Bonchev–Trinajstić information content (AvgIpc) is 3.37. The number of ether oxygens (including phenoxy) is 2. The normalized spacial score (nSPS) is 14.4. The van der Waals surface area contributed by atoms with E-state index >= 15 is 0 Å². The lowest BCUT2D eigenvalue weighted by Gasteiger charge is -2.23. The summed E-state index contributed by atoms with van der Waals surface area (Å²) in [5.41, 5.74) is 1.44. The Morgan fingerprint density at radius 1 is 1.27 bits per heavy atom. The van der Waals surface area contributed by atoms with Gasteiger partial charge in [-0.25, -0.2) is 0 Å². The minimum absolute atomic E-state index is 0.0335. The van der Waals surface area contributed by atoms with Crippen molar-refractivity contribution in [3.05, 3.63) is 64.2 Å². The van der Waals surface area contributed by atoms with E-state index in [2.05, 4.69) is 20.6 Å². The summed E-state index contributed by atoms with van der Waals surface area (Å²) in [6.45, 7) is 6.93. The molecule has 1 saturated heterocycles. The summed E-state index contributed by atoms with van der Waals surface area (Å²) in [6, 6.07) is 6.53. The van der Waals surface area contributed by atoms with Crippen LogP contribution in [-0.4, -0.2) is 56.0 Å². The Balaban J connectivity index is 1.51. The maximum Gasteiger partial charge on any atom is 0.253 e. The van der Waals surface area contributed by atoms with Crippen LogP contribution in [0.3, 0.4) is 0 Å². The molecule has 0 radical (unpaired) electrons. The van der Waals surface area contributed by atoms with Gasteiger partial charge in [-0.1, -0.05) is 25.9 Å². The number of aliphatic hydroxyl groups excluding tert-OH is 1. The van der Waals surface area contributed by atoms with Gasteiger partial charge >= 0.3 is 0 Å². The fourth-order valence-electron chi connectivity index (χ4n) is 3.78. The molecule has 1 fully saturated rings. The largest absolute Gasteiger partial charge is 0.470 e. The molecule has 12 nitrogen and oxygen atoms in total. The van der Waals surface area contributed by atoms with Crippen molar-refractivity contribution in [3.63, 3.8) is 0 Å². The first-order chi connectivity index (χ1) is 17.7. The topological polar surface area (TPSA) is 172 Å². The summed E-state index contributed by atoms with van der Waals surface area (Å²) in [5.74, 6) is 0.0658. The molecule has 37 heavy (non-hydrogen) atoms. The molecule has 0 atom stereocenters. The molecular weight excluding hydrogens is 478 g/mol. The molecule has 196 valence electrons. The summed E-state index contributed by atoms with van der Waals surface area (Å²) in [4.78, 5) is 16.9. The van der Waals surface area contributed by atoms with Crippen LogP contribution in [0, 0.1) is 10.8 Å². The quantitative estimate of drug-likeness (QED) is 0.276. The summed E-state index contributed by atoms with van der Waals surface area (Å²) in [7, 11) is 0. The first kappa shape index (κ1) is 26.2. The minimum Gasteiger partial charge on any atom is -0.470 e. The van der Waals surface area contributed by atoms with Crippen molar-refractivity contribution in [1.29, 1.82) is 10.8 Å². The number of amides is 1. The maximum absolute atomic E-state index is 12.5. The third-order valence-electron chi connectivity index (χ3n) is 5.91. The molecular formula is C25H31N7O5. The highest BCUT2D eigenvalue weighted by molar-refractivity contribution is 5.95. The van der Waals surface area contributed by atoms with Crippen molar-refractivity contribution < 1.29 is 23.9 Å². The SMILES string of the molecule is CC(C)(C)c1cc(=N)n(C(=N)c2cc(CO)on2)nc1OCc1ccc(C(=O)NC2CCOCC2)cn1. The molecule has 1 amide bonds. The van der Waals surface area contributed by atoms with E-state index in [4.69, 9.17) is 24.8 Å². The van der Waals surface area contributed by atoms with Gasteiger partial charge in [-0.3, -0.25) is 20.6 Å². The Morgan fingerprint density at radius 2 is 2.03 bits per heavy atom. The van der Waals surface area contributed by atoms with E-state index in [1.807, 2.05) is 20.8 Å². The van der Waals surface area contributed by atoms with Gasteiger partial charge in [0.05, 0.1) is 11.3 Å². The first-order valence-corrected chi connectivity index (χ1v) is 12.0. The number of aliphatic hydroxyl groups is 1. The molecule has 4 heterocycles. The zero-order valence-electron chi connectivity index (χ0n) is 21.1. The summed E-state index contributed by atoms with van der Waals surface area (Å²) in [5, 5.41) is 37.2. The van der Waals surface area contributed by atoms with Gasteiger partial charge in [0.2, 0.25) is 5.88 Å². The van der Waals surface area contributed by atoms with E-state index in [1.54, 1.807) is 18.2 Å². The number of carbonyl (C=O) groups excluding carboxylic acids is 1. The van der Waals surface area contributed by atoms with E-state index < -0.39 is 5.41 Å². The average molecular weight is 510 g/mol. The van der Waals surface area contributed by atoms with Crippen LogP contribution in [0.1, 0.15) is 66.7 Å². The molecule has 0 aliphatic carbocycles. The number of pyridine rings is 1. The van der Waals surface area contributed by atoms with Crippen molar-refractivity contribution >= 4 is 11.7 Å². The van der Waals surface area contributed by atoms with Crippen LogP contribution in [-0.2, 0) is 23.4 Å². The van der Waals surface area contributed by atoms with Gasteiger partial charge in [0.25, 0.3) is 5.91 Å². The number of hydrogen-bond donors (Lipinski definition) is 4. The summed E-state index contributed by atoms with van der Waals surface area (Å²) < 4.78 is 17.4. The standard InChI is InChI=1S/C25H31N7O5/c1-25(2,3)19-11-21(26)32(22(27)20-10-18(13-33)37-31-20)30-24(19)36-14-17-5-4-15(12-28-17)23(34)29-16-6-8-35-9-7-16/h4-5,10-12,16,26-27,33H,6-9,13-14H2,1-3H3,(H,29,34). The van der Waals surface area contributed by atoms with Crippen molar-refractivity contribution in [2.75, 3.05) is 13.2 Å². The second kappa shape index (κ2) is 11.0. The molecule has 12 heteroatoms.